The lowest BCUT2D eigenvalue weighted by Gasteiger charge is -2.33. The van der Waals surface area contributed by atoms with Crippen LogP contribution >= 0.6 is 0 Å². The van der Waals surface area contributed by atoms with Gasteiger partial charge in [0.15, 0.2) is 0 Å². The first-order valence-corrected chi connectivity index (χ1v) is 8.47. The van der Waals surface area contributed by atoms with Gasteiger partial charge in [-0.1, -0.05) is 0 Å². The lowest BCUT2D eigenvalue weighted by atomic mass is 9.90. The van der Waals surface area contributed by atoms with Gasteiger partial charge in [-0.05, 0) is 50.6 Å². The highest BCUT2D eigenvalue weighted by molar-refractivity contribution is 5.81. The molecule has 3 fully saturated rings. The monoisotopic (exact) mass is 304 g/mol. The van der Waals surface area contributed by atoms with Gasteiger partial charge in [0.05, 0.1) is 18.6 Å². The Hall–Kier alpha value is -1.33. The van der Waals surface area contributed by atoms with Gasteiger partial charge < -0.3 is 14.5 Å². The zero-order valence-electron chi connectivity index (χ0n) is 12.9. The highest BCUT2D eigenvalue weighted by Gasteiger charge is 2.42. The molecule has 2 saturated heterocycles. The van der Waals surface area contributed by atoms with Crippen molar-refractivity contribution in [2.45, 2.75) is 56.9 Å². The van der Waals surface area contributed by atoms with Gasteiger partial charge in [0.1, 0.15) is 6.10 Å². The van der Waals surface area contributed by atoms with Crippen LogP contribution < -0.4 is 5.32 Å². The van der Waals surface area contributed by atoms with Gasteiger partial charge in [-0.3, -0.25) is 9.69 Å². The first-order valence-electron chi connectivity index (χ1n) is 8.47. The molecule has 120 valence electrons. The number of furan rings is 1. The molecule has 3 heterocycles. The predicted octanol–water partition coefficient (Wildman–Crippen LogP) is 1.93. The number of nitrogens with zero attached hydrogens (tertiary/aromatic N) is 1. The fourth-order valence-corrected chi connectivity index (χ4v) is 3.79. The number of fused-ring (bicyclic) bond motifs is 1. The fraction of sp³-hybridized carbons (Fsp3) is 0.706. The Morgan fingerprint density at radius 1 is 1.36 bits per heavy atom. The number of carbonyl (C=O) groups excluding carboxylic acids is 1. The third kappa shape index (κ3) is 2.92. The summed E-state index contributed by atoms with van der Waals surface area (Å²) in [5.74, 6) is 0.651. The summed E-state index contributed by atoms with van der Waals surface area (Å²) in [6, 6.07) is 2.41. The van der Waals surface area contributed by atoms with Crippen LogP contribution in [-0.4, -0.2) is 42.1 Å². The third-order valence-corrected chi connectivity index (χ3v) is 5.37. The molecule has 5 nitrogen and oxygen atoms in total. The van der Waals surface area contributed by atoms with Crippen LogP contribution in [0.25, 0.3) is 0 Å². The van der Waals surface area contributed by atoms with E-state index in [-0.39, 0.29) is 18.1 Å². The number of hydrogen-bond donors (Lipinski definition) is 1. The first kappa shape index (κ1) is 14.3. The van der Waals surface area contributed by atoms with Gasteiger partial charge in [-0.25, -0.2) is 0 Å². The van der Waals surface area contributed by atoms with E-state index < -0.39 is 0 Å². The van der Waals surface area contributed by atoms with Crippen LogP contribution in [0.15, 0.2) is 23.0 Å². The van der Waals surface area contributed by atoms with E-state index in [1.54, 1.807) is 12.5 Å². The predicted molar refractivity (Wildman–Crippen MR) is 81.2 cm³/mol. The normalized spacial score (nSPS) is 32.5. The van der Waals surface area contributed by atoms with Crippen LogP contribution in [0, 0.1) is 5.92 Å². The largest absolute Gasteiger partial charge is 0.472 e. The Labute approximate surface area is 131 Å². The van der Waals surface area contributed by atoms with Gasteiger partial charge in [0.25, 0.3) is 0 Å². The quantitative estimate of drug-likeness (QED) is 0.923. The number of nitrogens with one attached hydrogen (secondary N) is 1. The SMILES string of the molecule is O=C(NC1CCC1)[C@@H]1C[C@H]2CCN(Cc3ccoc3)C[C@H]2O1. The maximum atomic E-state index is 12.3. The van der Waals surface area contributed by atoms with E-state index in [1.165, 1.54) is 12.0 Å². The molecule has 1 N–H and O–H groups in total. The summed E-state index contributed by atoms with van der Waals surface area (Å²) >= 11 is 0. The van der Waals surface area contributed by atoms with Crippen LogP contribution in [0.5, 0.6) is 0 Å². The molecule has 0 bridgehead atoms. The number of piperidine rings is 1. The molecule has 2 aliphatic heterocycles. The molecule has 0 radical (unpaired) electrons. The molecule has 0 spiro atoms. The minimum absolute atomic E-state index is 0.112. The second kappa shape index (κ2) is 6.05. The number of amides is 1. The summed E-state index contributed by atoms with van der Waals surface area (Å²) in [5.41, 5.74) is 1.20. The van der Waals surface area contributed by atoms with Gasteiger partial charge in [0.2, 0.25) is 5.91 Å². The van der Waals surface area contributed by atoms with E-state index in [4.69, 9.17) is 9.15 Å². The highest BCUT2D eigenvalue weighted by atomic mass is 16.5. The molecule has 5 heteroatoms. The van der Waals surface area contributed by atoms with Crippen molar-refractivity contribution < 1.29 is 13.9 Å². The molecule has 0 aromatic carbocycles. The summed E-state index contributed by atoms with van der Waals surface area (Å²) in [5, 5.41) is 3.13. The molecule has 4 rings (SSSR count). The van der Waals surface area contributed by atoms with E-state index in [0.29, 0.717) is 12.0 Å². The summed E-state index contributed by atoms with van der Waals surface area (Å²) in [4.78, 5) is 14.7. The molecular formula is C17H24N2O3. The molecule has 22 heavy (non-hydrogen) atoms. The fourth-order valence-electron chi connectivity index (χ4n) is 3.79. The third-order valence-electron chi connectivity index (χ3n) is 5.37. The van der Waals surface area contributed by atoms with Crippen molar-refractivity contribution in [2.75, 3.05) is 13.1 Å². The van der Waals surface area contributed by atoms with Crippen molar-refractivity contribution in [2.24, 2.45) is 5.92 Å². The molecule has 1 aromatic heterocycles. The van der Waals surface area contributed by atoms with Gasteiger partial charge in [0, 0.05) is 24.7 Å². The Bertz CT molecular complexity index is 512. The average molecular weight is 304 g/mol. The van der Waals surface area contributed by atoms with Crippen molar-refractivity contribution >= 4 is 5.91 Å². The maximum absolute atomic E-state index is 12.3. The molecule has 0 unspecified atom stereocenters. The number of ether oxygens (including phenoxy) is 1. The van der Waals surface area contributed by atoms with Crippen LogP contribution in [0.3, 0.4) is 0 Å². The van der Waals surface area contributed by atoms with E-state index in [1.807, 2.05) is 6.07 Å². The lowest BCUT2D eigenvalue weighted by molar-refractivity contribution is -0.134. The summed E-state index contributed by atoms with van der Waals surface area (Å²) < 4.78 is 11.2. The van der Waals surface area contributed by atoms with Crippen molar-refractivity contribution in [3.63, 3.8) is 0 Å². The minimum atomic E-state index is -0.232. The number of hydrogen-bond acceptors (Lipinski definition) is 4. The molecule has 1 aliphatic carbocycles. The molecule has 1 amide bonds. The molecule has 1 saturated carbocycles. The lowest BCUT2D eigenvalue weighted by Crippen LogP contribution is -2.45. The van der Waals surface area contributed by atoms with E-state index in [2.05, 4.69) is 10.2 Å². The zero-order chi connectivity index (χ0) is 14.9. The first-order chi connectivity index (χ1) is 10.8. The Morgan fingerprint density at radius 3 is 3.00 bits per heavy atom. The number of likely N-dealkylation sites (tertiary alicyclic amines) is 1. The average Bonchev–Trinajstić information content (AvgIpc) is 3.11. The summed E-state index contributed by atoms with van der Waals surface area (Å²) in [6.07, 6.45) is 9.00. The molecule has 3 atom stereocenters. The maximum Gasteiger partial charge on any atom is 0.249 e. The Balaban J connectivity index is 1.30. The van der Waals surface area contributed by atoms with Gasteiger partial charge in [-0.15, -0.1) is 0 Å². The number of rotatable bonds is 4. The van der Waals surface area contributed by atoms with Crippen LogP contribution in [0.4, 0.5) is 0 Å². The second-order valence-corrected chi connectivity index (χ2v) is 6.95. The van der Waals surface area contributed by atoms with Gasteiger partial charge >= 0.3 is 0 Å². The topological polar surface area (TPSA) is 54.7 Å². The standard InChI is InChI=1S/C17H24N2O3/c20-17(18-14-2-1-3-14)15-8-13-4-6-19(10-16(13)22-15)9-12-5-7-21-11-12/h5,7,11,13-16H,1-4,6,8-10H2,(H,18,20)/t13-,15+,16-/m1/s1. The van der Waals surface area contributed by atoms with Crippen molar-refractivity contribution in [3.05, 3.63) is 24.2 Å². The summed E-state index contributed by atoms with van der Waals surface area (Å²) in [7, 11) is 0. The molecule has 3 aliphatic rings. The van der Waals surface area contributed by atoms with Crippen LogP contribution in [-0.2, 0) is 16.1 Å². The minimum Gasteiger partial charge on any atom is -0.472 e. The molecular weight excluding hydrogens is 280 g/mol. The Morgan fingerprint density at radius 2 is 2.27 bits per heavy atom. The van der Waals surface area contributed by atoms with Crippen LogP contribution in [0.2, 0.25) is 0 Å². The molecule has 1 aromatic rings. The van der Waals surface area contributed by atoms with Crippen molar-refractivity contribution in [3.8, 4) is 0 Å². The van der Waals surface area contributed by atoms with Crippen molar-refractivity contribution in [1.82, 2.24) is 10.2 Å². The number of carbonyl (C=O) groups is 1. The zero-order valence-corrected chi connectivity index (χ0v) is 12.9. The van der Waals surface area contributed by atoms with Crippen LogP contribution in [0.1, 0.15) is 37.7 Å². The van der Waals surface area contributed by atoms with Crippen molar-refractivity contribution in [1.29, 1.82) is 0 Å². The van der Waals surface area contributed by atoms with E-state index >= 15 is 0 Å². The second-order valence-electron chi connectivity index (χ2n) is 6.95. The summed E-state index contributed by atoms with van der Waals surface area (Å²) in [6.45, 7) is 2.90. The smallest absolute Gasteiger partial charge is 0.249 e. The van der Waals surface area contributed by atoms with E-state index in [0.717, 1.165) is 45.3 Å². The Kier molecular flexibility index (Phi) is 3.92. The van der Waals surface area contributed by atoms with E-state index in [9.17, 15) is 4.79 Å². The van der Waals surface area contributed by atoms with Gasteiger partial charge in [-0.2, -0.15) is 0 Å². The highest BCUT2D eigenvalue weighted by Crippen LogP contribution is 2.34.